The lowest BCUT2D eigenvalue weighted by Gasteiger charge is -2.26. The summed E-state index contributed by atoms with van der Waals surface area (Å²) >= 11 is 0. The molecule has 1 atom stereocenters. The van der Waals surface area contributed by atoms with Gasteiger partial charge in [0.1, 0.15) is 0 Å². The first-order valence-electron chi connectivity index (χ1n) is 5.28. The number of fused-ring (bicyclic) bond motifs is 1. The Morgan fingerprint density at radius 3 is 2.77 bits per heavy atom. The van der Waals surface area contributed by atoms with E-state index in [1.54, 1.807) is 5.56 Å². The number of anilines is 1. The van der Waals surface area contributed by atoms with Crippen LogP contribution in [0, 0.1) is 5.92 Å². The molecular weight excluding hydrogens is 158 g/mol. The third-order valence-corrected chi connectivity index (χ3v) is 3.32. The maximum absolute atomic E-state index is 3.48. The van der Waals surface area contributed by atoms with Crippen LogP contribution in [0.25, 0.3) is 0 Å². The Hall–Kier alpha value is -0.980. The second-order valence-electron chi connectivity index (χ2n) is 4.25. The molecule has 0 spiro atoms. The van der Waals surface area contributed by atoms with Crippen LogP contribution in [0.15, 0.2) is 24.3 Å². The number of hydrogen-bond donors (Lipinski definition) is 1. The highest BCUT2D eigenvalue weighted by Gasteiger charge is 2.34. The predicted molar refractivity (Wildman–Crippen MR) is 55.0 cm³/mol. The van der Waals surface area contributed by atoms with Crippen molar-refractivity contribution in [2.75, 3.05) is 11.9 Å². The summed E-state index contributed by atoms with van der Waals surface area (Å²) in [6.45, 7) is 1.16. The Balaban J connectivity index is 2.00. The average Bonchev–Trinajstić information content (AvgIpc) is 3.00. The molecule has 0 aromatic heterocycles. The molecule has 1 fully saturated rings. The normalized spacial score (nSPS) is 26.3. The van der Waals surface area contributed by atoms with E-state index in [-0.39, 0.29) is 0 Å². The van der Waals surface area contributed by atoms with E-state index in [0.29, 0.717) is 0 Å². The predicted octanol–water partition coefficient (Wildman–Crippen LogP) is 3.00. The summed E-state index contributed by atoms with van der Waals surface area (Å²) in [5, 5.41) is 3.48. The van der Waals surface area contributed by atoms with Crippen LogP contribution in [0.4, 0.5) is 5.69 Å². The Bertz CT molecular complexity index is 315. The molecule has 1 aliphatic carbocycles. The highest BCUT2D eigenvalue weighted by molar-refractivity contribution is 5.55. The van der Waals surface area contributed by atoms with Gasteiger partial charge in [-0.1, -0.05) is 18.2 Å². The Morgan fingerprint density at radius 1 is 1.08 bits per heavy atom. The van der Waals surface area contributed by atoms with E-state index in [2.05, 4.69) is 29.6 Å². The van der Waals surface area contributed by atoms with Gasteiger partial charge in [0.2, 0.25) is 0 Å². The van der Waals surface area contributed by atoms with Gasteiger partial charge in [-0.05, 0) is 42.7 Å². The van der Waals surface area contributed by atoms with Gasteiger partial charge in [0.05, 0.1) is 0 Å². The van der Waals surface area contributed by atoms with Crippen molar-refractivity contribution in [1.29, 1.82) is 0 Å². The standard InChI is InChI=1S/C12H15N/c1-2-4-12-11(3-1)10(7-8-13-12)9-5-6-9/h1-4,9-10,13H,5-8H2. The van der Waals surface area contributed by atoms with E-state index in [1.807, 2.05) is 0 Å². The van der Waals surface area contributed by atoms with E-state index in [9.17, 15) is 0 Å². The van der Waals surface area contributed by atoms with Crippen molar-refractivity contribution in [3.63, 3.8) is 0 Å². The fraction of sp³-hybridized carbons (Fsp3) is 0.500. The summed E-state index contributed by atoms with van der Waals surface area (Å²) in [6.07, 6.45) is 4.25. The van der Waals surface area contributed by atoms with Gasteiger partial charge in [-0.15, -0.1) is 0 Å². The molecule has 0 amide bonds. The second-order valence-corrected chi connectivity index (χ2v) is 4.25. The maximum Gasteiger partial charge on any atom is 0.0375 e. The molecule has 1 unspecified atom stereocenters. The van der Waals surface area contributed by atoms with Crippen molar-refractivity contribution in [3.05, 3.63) is 29.8 Å². The number of hydrogen-bond acceptors (Lipinski definition) is 1. The van der Waals surface area contributed by atoms with Crippen LogP contribution in [-0.2, 0) is 0 Å². The summed E-state index contributed by atoms with van der Waals surface area (Å²) < 4.78 is 0. The van der Waals surface area contributed by atoms with Crippen LogP contribution in [-0.4, -0.2) is 6.54 Å². The SMILES string of the molecule is c1ccc2c(c1)NCCC2C1CC1. The van der Waals surface area contributed by atoms with Crippen LogP contribution >= 0.6 is 0 Å². The number of rotatable bonds is 1. The molecule has 0 saturated heterocycles. The van der Waals surface area contributed by atoms with Gasteiger partial charge in [0, 0.05) is 12.2 Å². The van der Waals surface area contributed by atoms with E-state index in [0.717, 1.165) is 18.4 Å². The molecule has 1 saturated carbocycles. The Labute approximate surface area is 79.2 Å². The molecule has 68 valence electrons. The van der Waals surface area contributed by atoms with E-state index in [1.165, 1.54) is 24.9 Å². The number of nitrogens with one attached hydrogen (secondary N) is 1. The topological polar surface area (TPSA) is 12.0 Å². The van der Waals surface area contributed by atoms with E-state index < -0.39 is 0 Å². The zero-order valence-electron chi connectivity index (χ0n) is 7.79. The largest absolute Gasteiger partial charge is 0.385 e. The summed E-state index contributed by atoms with van der Waals surface area (Å²) in [6, 6.07) is 8.80. The third-order valence-electron chi connectivity index (χ3n) is 3.32. The molecule has 13 heavy (non-hydrogen) atoms. The van der Waals surface area contributed by atoms with E-state index in [4.69, 9.17) is 0 Å². The minimum Gasteiger partial charge on any atom is -0.385 e. The van der Waals surface area contributed by atoms with Gasteiger partial charge in [-0.2, -0.15) is 0 Å². The number of benzene rings is 1. The lowest BCUT2D eigenvalue weighted by molar-refractivity contribution is 0.560. The smallest absolute Gasteiger partial charge is 0.0375 e. The molecule has 1 aliphatic heterocycles. The van der Waals surface area contributed by atoms with Crippen molar-refractivity contribution in [3.8, 4) is 0 Å². The van der Waals surface area contributed by atoms with Crippen LogP contribution in [0.3, 0.4) is 0 Å². The van der Waals surface area contributed by atoms with Gasteiger partial charge in [0.15, 0.2) is 0 Å². The van der Waals surface area contributed by atoms with Crippen LogP contribution < -0.4 is 5.32 Å². The first kappa shape index (κ1) is 7.43. The molecule has 1 heteroatoms. The summed E-state index contributed by atoms with van der Waals surface area (Å²) in [5.74, 6) is 1.86. The quantitative estimate of drug-likeness (QED) is 0.688. The van der Waals surface area contributed by atoms with Crippen molar-refractivity contribution >= 4 is 5.69 Å². The van der Waals surface area contributed by atoms with Crippen molar-refractivity contribution in [1.82, 2.24) is 0 Å². The zero-order valence-corrected chi connectivity index (χ0v) is 7.79. The number of para-hydroxylation sites is 1. The summed E-state index contributed by atoms with van der Waals surface area (Å²) in [5.41, 5.74) is 2.95. The van der Waals surface area contributed by atoms with Gasteiger partial charge in [0.25, 0.3) is 0 Å². The van der Waals surface area contributed by atoms with E-state index >= 15 is 0 Å². The van der Waals surface area contributed by atoms with Crippen molar-refractivity contribution in [2.45, 2.75) is 25.2 Å². The average molecular weight is 173 g/mol. The van der Waals surface area contributed by atoms with Crippen molar-refractivity contribution < 1.29 is 0 Å². The summed E-state index contributed by atoms with van der Waals surface area (Å²) in [4.78, 5) is 0. The highest BCUT2D eigenvalue weighted by Crippen LogP contribution is 2.47. The monoisotopic (exact) mass is 173 g/mol. The lowest BCUT2D eigenvalue weighted by Crippen LogP contribution is -2.17. The Kier molecular flexibility index (Phi) is 1.58. The first-order chi connectivity index (χ1) is 6.45. The summed E-state index contributed by atoms with van der Waals surface area (Å²) in [7, 11) is 0. The minimum absolute atomic E-state index is 0.859. The molecule has 3 rings (SSSR count). The minimum atomic E-state index is 0.859. The van der Waals surface area contributed by atoms with Gasteiger partial charge in [-0.3, -0.25) is 0 Å². The molecule has 1 aromatic carbocycles. The Morgan fingerprint density at radius 2 is 1.92 bits per heavy atom. The molecule has 1 N–H and O–H groups in total. The molecular formula is C12H15N. The van der Waals surface area contributed by atoms with Crippen LogP contribution in [0.2, 0.25) is 0 Å². The fourth-order valence-electron chi connectivity index (χ4n) is 2.49. The second kappa shape index (κ2) is 2.76. The van der Waals surface area contributed by atoms with Crippen LogP contribution in [0.1, 0.15) is 30.7 Å². The molecule has 0 radical (unpaired) electrons. The lowest BCUT2D eigenvalue weighted by atomic mass is 9.87. The van der Waals surface area contributed by atoms with Gasteiger partial charge >= 0.3 is 0 Å². The zero-order chi connectivity index (χ0) is 8.67. The molecule has 2 aliphatic rings. The molecule has 1 nitrogen and oxygen atoms in total. The first-order valence-corrected chi connectivity index (χ1v) is 5.28. The molecule has 0 bridgehead atoms. The third kappa shape index (κ3) is 1.23. The van der Waals surface area contributed by atoms with Gasteiger partial charge in [-0.25, -0.2) is 0 Å². The highest BCUT2D eigenvalue weighted by atomic mass is 14.9. The maximum atomic E-state index is 3.48. The molecule has 1 heterocycles. The van der Waals surface area contributed by atoms with Crippen LogP contribution in [0.5, 0.6) is 0 Å². The molecule has 1 aromatic rings. The fourth-order valence-corrected chi connectivity index (χ4v) is 2.49. The van der Waals surface area contributed by atoms with Crippen molar-refractivity contribution in [2.24, 2.45) is 5.92 Å². The van der Waals surface area contributed by atoms with Gasteiger partial charge < -0.3 is 5.32 Å².